The third-order valence-electron chi connectivity index (χ3n) is 3.79. The number of nitrogens with one attached hydrogen (secondary N) is 1. The molecule has 1 heterocycles. The van der Waals surface area contributed by atoms with Gasteiger partial charge in [-0.25, -0.2) is 0 Å². The van der Waals surface area contributed by atoms with E-state index in [0.29, 0.717) is 10.7 Å². The van der Waals surface area contributed by atoms with Gasteiger partial charge in [0.1, 0.15) is 30.8 Å². The third kappa shape index (κ3) is 5.35. The number of hydrogen-bond donors (Lipinski definition) is 2. The highest BCUT2D eigenvalue weighted by Crippen LogP contribution is 2.26. The summed E-state index contributed by atoms with van der Waals surface area (Å²) in [4.78, 5) is 23.0. The molecule has 2 aromatic carbocycles. The van der Waals surface area contributed by atoms with Gasteiger partial charge in [0, 0.05) is 0 Å². The highest BCUT2D eigenvalue weighted by Gasteiger charge is 2.24. The van der Waals surface area contributed by atoms with E-state index in [-0.39, 0.29) is 24.4 Å². The van der Waals surface area contributed by atoms with Gasteiger partial charge in [-0.05, 0) is 54.1 Å². The minimum atomic E-state index is -0.768. The lowest BCUT2D eigenvalue weighted by molar-refractivity contribution is -0.115. The lowest BCUT2D eigenvalue weighted by Gasteiger charge is -2.14. The molecule has 2 N–H and O–H groups in total. The van der Waals surface area contributed by atoms with Crippen LogP contribution in [0.5, 0.6) is 11.5 Å². The van der Waals surface area contributed by atoms with Crippen LogP contribution in [0.2, 0.25) is 0 Å². The molecule has 0 spiro atoms. The number of carbonyl (C=O) groups excluding carboxylic acids is 2. The molecule has 1 saturated heterocycles. The molecule has 2 aromatic rings. The van der Waals surface area contributed by atoms with Crippen molar-refractivity contribution < 1.29 is 24.2 Å². The number of thioether (sulfide) groups is 1. The summed E-state index contributed by atoms with van der Waals surface area (Å²) in [5, 5.41) is 11.9. The van der Waals surface area contributed by atoms with Gasteiger partial charge in [0.25, 0.3) is 11.1 Å². The number of imide groups is 1. The summed E-state index contributed by atoms with van der Waals surface area (Å²) in [6.45, 7) is 2.17. The van der Waals surface area contributed by atoms with Crippen LogP contribution < -0.4 is 14.8 Å². The van der Waals surface area contributed by atoms with Crippen molar-refractivity contribution in [2.45, 2.75) is 13.0 Å². The summed E-state index contributed by atoms with van der Waals surface area (Å²) < 4.78 is 11.2. The van der Waals surface area contributed by atoms with Crippen LogP contribution in [0.4, 0.5) is 4.79 Å². The van der Waals surface area contributed by atoms with E-state index in [1.54, 1.807) is 30.3 Å². The summed E-state index contributed by atoms with van der Waals surface area (Å²) in [5.74, 6) is 0.940. The average Bonchev–Trinajstić information content (AvgIpc) is 2.97. The second-order valence-electron chi connectivity index (χ2n) is 5.96. The molecule has 1 unspecified atom stereocenters. The summed E-state index contributed by atoms with van der Waals surface area (Å²) in [6.07, 6.45) is 0.871. The second-order valence-corrected chi connectivity index (χ2v) is 6.98. The maximum absolute atomic E-state index is 11.5. The van der Waals surface area contributed by atoms with Gasteiger partial charge in [-0.3, -0.25) is 14.9 Å². The number of carbonyl (C=O) groups is 2. The molecule has 6 nitrogen and oxygen atoms in total. The van der Waals surface area contributed by atoms with Crippen molar-refractivity contribution in [3.63, 3.8) is 0 Å². The number of para-hydroxylation sites is 1. The monoisotopic (exact) mass is 385 g/mol. The largest absolute Gasteiger partial charge is 0.491 e. The maximum Gasteiger partial charge on any atom is 0.290 e. The van der Waals surface area contributed by atoms with Crippen molar-refractivity contribution in [1.82, 2.24) is 5.32 Å². The number of rotatable bonds is 7. The Kier molecular flexibility index (Phi) is 6.16. The second kappa shape index (κ2) is 8.75. The predicted molar refractivity (Wildman–Crippen MR) is 104 cm³/mol. The first-order valence-corrected chi connectivity index (χ1v) is 9.17. The van der Waals surface area contributed by atoms with E-state index in [2.05, 4.69) is 5.32 Å². The van der Waals surface area contributed by atoms with E-state index in [0.717, 1.165) is 28.6 Å². The first kappa shape index (κ1) is 19.0. The summed E-state index contributed by atoms with van der Waals surface area (Å²) in [7, 11) is 0. The number of aliphatic hydroxyl groups excluding tert-OH is 1. The third-order valence-corrected chi connectivity index (χ3v) is 4.60. The minimum absolute atomic E-state index is 0.0963. The highest BCUT2D eigenvalue weighted by molar-refractivity contribution is 8.18. The quantitative estimate of drug-likeness (QED) is 0.713. The summed E-state index contributed by atoms with van der Waals surface area (Å²) >= 11 is 0.875. The smallest absolute Gasteiger partial charge is 0.290 e. The fourth-order valence-electron chi connectivity index (χ4n) is 2.38. The molecule has 27 heavy (non-hydrogen) atoms. The van der Waals surface area contributed by atoms with Crippen LogP contribution in [-0.4, -0.2) is 35.6 Å². The SMILES string of the molecule is Cc1ccccc1OCC(O)COc1ccc(C=C2SC(=O)NC2=O)cc1. The van der Waals surface area contributed by atoms with E-state index in [9.17, 15) is 14.7 Å². The van der Waals surface area contributed by atoms with Crippen molar-refractivity contribution in [3.8, 4) is 11.5 Å². The van der Waals surface area contributed by atoms with Gasteiger partial charge >= 0.3 is 0 Å². The van der Waals surface area contributed by atoms with Gasteiger partial charge in [0.05, 0.1) is 4.91 Å². The molecule has 140 valence electrons. The molecule has 0 radical (unpaired) electrons. The minimum Gasteiger partial charge on any atom is -0.491 e. The normalized spacial score (nSPS) is 16.3. The number of hydrogen-bond acceptors (Lipinski definition) is 6. The molecular weight excluding hydrogens is 366 g/mol. The van der Waals surface area contributed by atoms with Crippen LogP contribution in [0.3, 0.4) is 0 Å². The summed E-state index contributed by atoms with van der Waals surface area (Å²) in [5.41, 5.74) is 1.78. The first-order chi connectivity index (χ1) is 13.0. The van der Waals surface area contributed by atoms with Crippen molar-refractivity contribution in [2.24, 2.45) is 0 Å². The zero-order valence-electron chi connectivity index (χ0n) is 14.7. The van der Waals surface area contributed by atoms with E-state index < -0.39 is 6.10 Å². The topological polar surface area (TPSA) is 84.9 Å². The Bertz CT molecular complexity index is 863. The van der Waals surface area contributed by atoms with E-state index in [4.69, 9.17) is 9.47 Å². The van der Waals surface area contributed by atoms with Gasteiger partial charge in [-0.2, -0.15) is 0 Å². The van der Waals surface area contributed by atoms with Crippen LogP contribution in [0, 0.1) is 6.92 Å². The highest BCUT2D eigenvalue weighted by atomic mass is 32.2. The Labute approximate surface area is 161 Å². The van der Waals surface area contributed by atoms with E-state index in [1.807, 2.05) is 31.2 Å². The molecule has 0 aromatic heterocycles. The van der Waals surface area contributed by atoms with Gasteiger partial charge in [0.15, 0.2) is 0 Å². The van der Waals surface area contributed by atoms with Crippen molar-refractivity contribution in [2.75, 3.05) is 13.2 Å². The summed E-state index contributed by atoms with van der Waals surface area (Å²) in [6, 6.07) is 14.6. The molecule has 3 rings (SSSR count). The average molecular weight is 385 g/mol. The zero-order valence-corrected chi connectivity index (χ0v) is 15.5. The van der Waals surface area contributed by atoms with Crippen LogP contribution in [-0.2, 0) is 4.79 Å². The molecule has 1 aliphatic heterocycles. The molecule has 1 aliphatic rings. The molecule has 0 aliphatic carbocycles. The van der Waals surface area contributed by atoms with Crippen LogP contribution in [0.25, 0.3) is 6.08 Å². The zero-order chi connectivity index (χ0) is 19.2. The maximum atomic E-state index is 11.5. The number of ether oxygens (including phenoxy) is 2. The number of amides is 2. The fourth-order valence-corrected chi connectivity index (χ4v) is 3.06. The molecule has 7 heteroatoms. The molecule has 2 amide bonds. The fraction of sp³-hybridized carbons (Fsp3) is 0.200. The first-order valence-electron chi connectivity index (χ1n) is 8.35. The predicted octanol–water partition coefficient (Wildman–Crippen LogP) is 3.14. The Hall–Kier alpha value is -2.77. The Morgan fingerprint density at radius 3 is 2.44 bits per heavy atom. The lowest BCUT2D eigenvalue weighted by Crippen LogP contribution is -2.25. The Balaban J connectivity index is 1.48. The Morgan fingerprint density at radius 1 is 1.07 bits per heavy atom. The number of aryl methyl sites for hydroxylation is 1. The molecule has 1 fully saturated rings. The standard InChI is InChI=1S/C20H19NO5S/c1-13-4-2-3-5-17(13)26-12-15(22)11-25-16-8-6-14(7-9-16)10-18-19(23)21-20(24)27-18/h2-10,15,22H,11-12H2,1H3,(H,21,23,24). The Morgan fingerprint density at radius 2 is 1.78 bits per heavy atom. The van der Waals surface area contributed by atoms with Gasteiger partial charge in [-0.15, -0.1) is 0 Å². The van der Waals surface area contributed by atoms with Crippen molar-refractivity contribution in [3.05, 3.63) is 64.6 Å². The van der Waals surface area contributed by atoms with Gasteiger partial charge in [-0.1, -0.05) is 30.3 Å². The van der Waals surface area contributed by atoms with Gasteiger partial charge in [0.2, 0.25) is 0 Å². The molecule has 0 bridgehead atoms. The van der Waals surface area contributed by atoms with Crippen LogP contribution in [0.1, 0.15) is 11.1 Å². The van der Waals surface area contributed by atoms with Crippen LogP contribution >= 0.6 is 11.8 Å². The lowest BCUT2D eigenvalue weighted by atomic mass is 10.2. The molecule has 1 atom stereocenters. The molecule has 0 saturated carbocycles. The van der Waals surface area contributed by atoms with E-state index in [1.165, 1.54) is 0 Å². The van der Waals surface area contributed by atoms with Crippen LogP contribution in [0.15, 0.2) is 53.4 Å². The van der Waals surface area contributed by atoms with Gasteiger partial charge < -0.3 is 14.6 Å². The van der Waals surface area contributed by atoms with E-state index >= 15 is 0 Å². The number of benzene rings is 2. The van der Waals surface area contributed by atoms with Crippen molar-refractivity contribution >= 4 is 29.0 Å². The van der Waals surface area contributed by atoms with Crippen molar-refractivity contribution in [1.29, 1.82) is 0 Å². The number of aliphatic hydroxyl groups is 1. The molecular formula is C20H19NO5S.